The average Bonchev–Trinajstić information content (AvgIpc) is 2.87. The van der Waals surface area contributed by atoms with Gasteiger partial charge in [-0.05, 0) is 38.1 Å². The van der Waals surface area contributed by atoms with Crippen molar-refractivity contribution in [1.29, 1.82) is 0 Å². The number of sulfonamides is 1. The van der Waals surface area contributed by atoms with Crippen LogP contribution in [0.5, 0.6) is 0 Å². The smallest absolute Gasteiger partial charge is 0.257 e. The molecule has 7 nitrogen and oxygen atoms in total. The highest BCUT2D eigenvalue weighted by Crippen LogP contribution is 2.21. The molecule has 0 N–H and O–H groups in total. The van der Waals surface area contributed by atoms with Gasteiger partial charge in [0.2, 0.25) is 10.0 Å². The molecule has 0 spiro atoms. The number of piperazine rings is 1. The molecular weight excluding hydrogens is 420 g/mol. The monoisotopic (exact) mass is 440 g/mol. The first kappa shape index (κ1) is 19.1. The fraction of sp³-hybridized carbons (Fsp3) is 0.412. The number of amides is 1. The van der Waals surface area contributed by atoms with E-state index < -0.39 is 10.0 Å². The van der Waals surface area contributed by atoms with Crippen molar-refractivity contribution in [1.82, 2.24) is 19.0 Å². The molecule has 2 aromatic rings. The Bertz CT molecular complexity index is 930. The summed E-state index contributed by atoms with van der Waals surface area (Å²) in [6.07, 6.45) is 0. The third-order valence-corrected chi connectivity index (χ3v) is 7.14. The van der Waals surface area contributed by atoms with Gasteiger partial charge in [-0.15, -0.1) is 0 Å². The van der Waals surface area contributed by atoms with Crippen molar-refractivity contribution in [2.75, 3.05) is 26.2 Å². The van der Waals surface area contributed by atoms with E-state index in [-0.39, 0.29) is 23.9 Å². The molecule has 0 saturated carbocycles. The summed E-state index contributed by atoms with van der Waals surface area (Å²) in [5.74, 6) is -0.0891. The molecule has 1 amide bonds. The number of nitrogens with zero attached hydrogens (tertiary/aromatic N) is 4. The van der Waals surface area contributed by atoms with Crippen molar-refractivity contribution >= 4 is 31.9 Å². The van der Waals surface area contributed by atoms with Crippen LogP contribution in [0.3, 0.4) is 0 Å². The molecule has 0 atom stereocenters. The van der Waals surface area contributed by atoms with E-state index in [9.17, 15) is 13.2 Å². The maximum atomic E-state index is 12.8. The first-order chi connectivity index (χ1) is 12.2. The summed E-state index contributed by atoms with van der Waals surface area (Å²) in [7, 11) is -1.74. The van der Waals surface area contributed by atoms with Crippen LogP contribution in [0.25, 0.3) is 0 Å². The first-order valence-corrected chi connectivity index (χ1v) is 10.5. The fourth-order valence-electron chi connectivity index (χ4n) is 3.13. The SMILES string of the molecule is Cc1nn(C)c(C)c1C(=O)N1CCN(S(=O)(=O)c2ccc(Br)cc2)CC1. The minimum Gasteiger partial charge on any atom is -0.336 e. The summed E-state index contributed by atoms with van der Waals surface area (Å²) in [5, 5.41) is 4.29. The topological polar surface area (TPSA) is 75.5 Å². The van der Waals surface area contributed by atoms with Crippen LogP contribution in [0.1, 0.15) is 21.7 Å². The van der Waals surface area contributed by atoms with Gasteiger partial charge in [0.05, 0.1) is 16.2 Å². The minimum atomic E-state index is -3.55. The number of carbonyl (C=O) groups is 1. The van der Waals surface area contributed by atoms with Crippen LogP contribution in [0.15, 0.2) is 33.6 Å². The van der Waals surface area contributed by atoms with Crippen LogP contribution in [-0.2, 0) is 17.1 Å². The number of aromatic nitrogens is 2. The first-order valence-electron chi connectivity index (χ1n) is 8.27. The van der Waals surface area contributed by atoms with Crippen LogP contribution < -0.4 is 0 Å². The van der Waals surface area contributed by atoms with Crippen molar-refractivity contribution in [2.45, 2.75) is 18.7 Å². The number of aryl methyl sites for hydroxylation is 2. The highest BCUT2D eigenvalue weighted by atomic mass is 79.9. The second-order valence-electron chi connectivity index (χ2n) is 6.32. The van der Waals surface area contributed by atoms with E-state index in [1.54, 1.807) is 33.8 Å². The second-order valence-corrected chi connectivity index (χ2v) is 9.17. The van der Waals surface area contributed by atoms with Crippen LogP contribution >= 0.6 is 15.9 Å². The predicted octanol–water partition coefficient (Wildman–Crippen LogP) is 1.95. The third kappa shape index (κ3) is 3.43. The fourth-order valence-corrected chi connectivity index (χ4v) is 4.81. The van der Waals surface area contributed by atoms with Crippen molar-refractivity contribution in [3.05, 3.63) is 45.7 Å². The molecule has 1 saturated heterocycles. The number of hydrogen-bond donors (Lipinski definition) is 0. The van der Waals surface area contributed by atoms with Crippen molar-refractivity contribution in [3.63, 3.8) is 0 Å². The Morgan fingerprint density at radius 1 is 1.08 bits per heavy atom. The van der Waals surface area contributed by atoms with Gasteiger partial charge >= 0.3 is 0 Å². The summed E-state index contributed by atoms with van der Waals surface area (Å²) in [6.45, 7) is 4.96. The van der Waals surface area contributed by atoms with Crippen LogP contribution in [-0.4, -0.2) is 59.5 Å². The maximum absolute atomic E-state index is 12.8. The summed E-state index contributed by atoms with van der Waals surface area (Å²) in [4.78, 5) is 14.8. The zero-order chi connectivity index (χ0) is 19.1. The van der Waals surface area contributed by atoms with E-state index >= 15 is 0 Å². The van der Waals surface area contributed by atoms with Gasteiger partial charge in [-0.3, -0.25) is 9.48 Å². The van der Waals surface area contributed by atoms with E-state index in [0.717, 1.165) is 10.2 Å². The average molecular weight is 441 g/mol. The Balaban J connectivity index is 1.73. The third-order valence-electron chi connectivity index (χ3n) is 4.70. The lowest BCUT2D eigenvalue weighted by Crippen LogP contribution is -2.50. The normalized spacial score (nSPS) is 16.1. The molecule has 26 heavy (non-hydrogen) atoms. The molecule has 2 heterocycles. The van der Waals surface area contributed by atoms with Gasteiger partial charge in [-0.1, -0.05) is 15.9 Å². The molecule has 0 bridgehead atoms. The summed E-state index contributed by atoms with van der Waals surface area (Å²) >= 11 is 3.31. The number of carbonyl (C=O) groups excluding carboxylic acids is 1. The highest BCUT2D eigenvalue weighted by molar-refractivity contribution is 9.10. The Morgan fingerprint density at radius 2 is 1.65 bits per heavy atom. The highest BCUT2D eigenvalue weighted by Gasteiger charge is 2.31. The Kier molecular flexibility index (Phi) is 5.23. The zero-order valence-electron chi connectivity index (χ0n) is 14.9. The quantitative estimate of drug-likeness (QED) is 0.730. The van der Waals surface area contributed by atoms with Gasteiger partial charge in [0.1, 0.15) is 0 Å². The summed E-state index contributed by atoms with van der Waals surface area (Å²) in [6, 6.07) is 6.58. The maximum Gasteiger partial charge on any atom is 0.257 e. The molecule has 0 radical (unpaired) electrons. The number of rotatable bonds is 3. The molecule has 1 aromatic heterocycles. The largest absolute Gasteiger partial charge is 0.336 e. The lowest BCUT2D eigenvalue weighted by atomic mass is 10.1. The van der Waals surface area contributed by atoms with Crippen molar-refractivity contribution in [2.24, 2.45) is 7.05 Å². The molecule has 1 aliphatic rings. The van der Waals surface area contributed by atoms with Gasteiger partial charge in [-0.2, -0.15) is 9.40 Å². The van der Waals surface area contributed by atoms with Crippen molar-refractivity contribution < 1.29 is 13.2 Å². The number of hydrogen-bond acceptors (Lipinski definition) is 4. The van der Waals surface area contributed by atoms with Gasteiger partial charge in [0.15, 0.2) is 0 Å². The zero-order valence-corrected chi connectivity index (χ0v) is 17.3. The van der Waals surface area contributed by atoms with E-state index in [1.807, 2.05) is 20.9 Å². The molecule has 0 aliphatic carbocycles. The van der Waals surface area contributed by atoms with E-state index in [1.165, 1.54) is 4.31 Å². The van der Waals surface area contributed by atoms with Crippen LogP contribution in [0.4, 0.5) is 0 Å². The number of halogens is 1. The standard InChI is InChI=1S/C17H21BrN4O3S/c1-12-16(13(2)20(3)19-12)17(23)21-8-10-22(11-9-21)26(24,25)15-6-4-14(18)5-7-15/h4-7H,8-11H2,1-3H3. The van der Waals surface area contributed by atoms with Crippen LogP contribution in [0.2, 0.25) is 0 Å². The second kappa shape index (κ2) is 7.13. The summed E-state index contributed by atoms with van der Waals surface area (Å²) < 4.78 is 29.5. The molecule has 1 aromatic carbocycles. The van der Waals surface area contributed by atoms with Crippen molar-refractivity contribution in [3.8, 4) is 0 Å². The van der Waals surface area contributed by atoms with E-state index in [4.69, 9.17) is 0 Å². The molecule has 1 fully saturated rings. The molecule has 9 heteroatoms. The number of benzene rings is 1. The van der Waals surface area contributed by atoms with Gasteiger partial charge in [-0.25, -0.2) is 8.42 Å². The van der Waals surface area contributed by atoms with Gasteiger partial charge in [0, 0.05) is 43.4 Å². The lowest BCUT2D eigenvalue weighted by Gasteiger charge is -2.34. The van der Waals surface area contributed by atoms with E-state index in [2.05, 4.69) is 21.0 Å². The van der Waals surface area contributed by atoms with Gasteiger partial charge < -0.3 is 4.90 Å². The van der Waals surface area contributed by atoms with Gasteiger partial charge in [0.25, 0.3) is 5.91 Å². The Labute approximate surface area is 161 Å². The molecular formula is C17H21BrN4O3S. The Morgan fingerprint density at radius 3 is 2.15 bits per heavy atom. The Hall–Kier alpha value is -1.71. The van der Waals surface area contributed by atoms with E-state index in [0.29, 0.717) is 24.3 Å². The lowest BCUT2D eigenvalue weighted by molar-refractivity contribution is 0.0696. The van der Waals surface area contributed by atoms with Crippen LogP contribution in [0, 0.1) is 13.8 Å². The molecule has 0 unspecified atom stereocenters. The molecule has 140 valence electrons. The predicted molar refractivity (Wildman–Crippen MR) is 101 cm³/mol. The summed E-state index contributed by atoms with van der Waals surface area (Å²) in [5.41, 5.74) is 2.12. The molecule has 1 aliphatic heterocycles. The molecule has 3 rings (SSSR count). The minimum absolute atomic E-state index is 0.0891.